The molecule has 118 valence electrons. The van der Waals surface area contributed by atoms with Crippen molar-refractivity contribution in [1.82, 2.24) is 10.2 Å². The number of rotatable bonds is 4. The van der Waals surface area contributed by atoms with E-state index >= 15 is 0 Å². The summed E-state index contributed by atoms with van der Waals surface area (Å²) in [5, 5.41) is 3.73. The molecule has 0 aliphatic carbocycles. The zero-order valence-corrected chi connectivity index (χ0v) is 14.7. The minimum Gasteiger partial charge on any atom is -0.309 e. The van der Waals surface area contributed by atoms with Crippen LogP contribution in [0.15, 0.2) is 18.2 Å². The van der Waals surface area contributed by atoms with E-state index in [-0.39, 0.29) is 5.54 Å². The second kappa shape index (κ2) is 6.50. The molecule has 2 atom stereocenters. The van der Waals surface area contributed by atoms with Crippen molar-refractivity contribution in [2.45, 2.75) is 66.1 Å². The Morgan fingerprint density at radius 3 is 2.48 bits per heavy atom. The molecular formula is C19H32N2. The highest BCUT2D eigenvalue weighted by Gasteiger charge is 2.34. The van der Waals surface area contributed by atoms with Gasteiger partial charge in [0.05, 0.1) is 0 Å². The third kappa shape index (κ3) is 3.87. The van der Waals surface area contributed by atoms with E-state index in [4.69, 9.17) is 0 Å². The Morgan fingerprint density at radius 2 is 1.90 bits per heavy atom. The predicted molar refractivity (Wildman–Crippen MR) is 91.7 cm³/mol. The minimum absolute atomic E-state index is 0.209. The third-order valence-electron chi connectivity index (χ3n) is 5.16. The van der Waals surface area contributed by atoms with Crippen LogP contribution >= 0.6 is 0 Å². The Morgan fingerprint density at radius 1 is 1.29 bits per heavy atom. The van der Waals surface area contributed by atoms with E-state index in [0.29, 0.717) is 6.04 Å². The topological polar surface area (TPSA) is 15.3 Å². The van der Waals surface area contributed by atoms with Gasteiger partial charge in [0, 0.05) is 31.2 Å². The van der Waals surface area contributed by atoms with Gasteiger partial charge in [0.15, 0.2) is 0 Å². The average molecular weight is 288 g/mol. The molecule has 2 nitrogen and oxygen atoms in total. The van der Waals surface area contributed by atoms with Gasteiger partial charge in [-0.1, -0.05) is 38.5 Å². The summed E-state index contributed by atoms with van der Waals surface area (Å²) in [7, 11) is 0. The normalized spacial score (nSPS) is 24.0. The van der Waals surface area contributed by atoms with E-state index in [1.165, 1.54) is 23.1 Å². The van der Waals surface area contributed by atoms with Gasteiger partial charge in [0.2, 0.25) is 0 Å². The molecule has 0 spiro atoms. The Labute approximate surface area is 130 Å². The summed E-state index contributed by atoms with van der Waals surface area (Å²) in [6.07, 6.45) is 1.25. The van der Waals surface area contributed by atoms with Gasteiger partial charge in [0.1, 0.15) is 0 Å². The second-order valence-corrected chi connectivity index (χ2v) is 7.49. The molecule has 0 bridgehead atoms. The summed E-state index contributed by atoms with van der Waals surface area (Å²) in [5.74, 6) is 0.734. The molecule has 1 N–H and O–H groups in total. The molecule has 2 heteroatoms. The van der Waals surface area contributed by atoms with Gasteiger partial charge in [0.25, 0.3) is 0 Å². The Kier molecular flexibility index (Phi) is 5.11. The van der Waals surface area contributed by atoms with Crippen molar-refractivity contribution in [3.8, 4) is 0 Å². The van der Waals surface area contributed by atoms with Gasteiger partial charge in [-0.2, -0.15) is 0 Å². The lowest BCUT2D eigenvalue weighted by molar-refractivity contribution is 0.0568. The summed E-state index contributed by atoms with van der Waals surface area (Å²) in [6.45, 7) is 17.1. The summed E-state index contributed by atoms with van der Waals surface area (Å²) in [5.41, 5.74) is 4.58. The van der Waals surface area contributed by atoms with Crippen LogP contribution in [0.2, 0.25) is 0 Å². The van der Waals surface area contributed by atoms with Crippen molar-refractivity contribution in [2.75, 3.05) is 13.1 Å². The quantitative estimate of drug-likeness (QED) is 0.904. The first-order chi connectivity index (χ1) is 9.84. The number of hydrogen-bond donors (Lipinski definition) is 1. The van der Waals surface area contributed by atoms with Gasteiger partial charge in [-0.05, 0) is 50.3 Å². The number of aryl methyl sites for hydroxylation is 2. The van der Waals surface area contributed by atoms with Crippen molar-refractivity contribution >= 4 is 0 Å². The van der Waals surface area contributed by atoms with Gasteiger partial charge in [-0.25, -0.2) is 0 Å². The maximum atomic E-state index is 3.73. The van der Waals surface area contributed by atoms with Gasteiger partial charge >= 0.3 is 0 Å². The molecule has 1 aliphatic rings. The first-order valence-corrected chi connectivity index (χ1v) is 8.38. The SMILES string of the molecule is CCC(C)C1CNC(C)(C)CN1Cc1c(C)cccc1C. The number of hydrogen-bond acceptors (Lipinski definition) is 2. The molecule has 2 unspecified atom stereocenters. The lowest BCUT2D eigenvalue weighted by Gasteiger charge is -2.47. The summed E-state index contributed by atoms with van der Waals surface area (Å²) >= 11 is 0. The third-order valence-corrected chi connectivity index (χ3v) is 5.16. The van der Waals surface area contributed by atoms with Crippen LogP contribution < -0.4 is 5.32 Å². The van der Waals surface area contributed by atoms with E-state index in [0.717, 1.165) is 25.6 Å². The van der Waals surface area contributed by atoms with Crippen LogP contribution in [0, 0.1) is 19.8 Å². The van der Waals surface area contributed by atoms with Crippen molar-refractivity contribution in [1.29, 1.82) is 0 Å². The Bertz CT molecular complexity index is 458. The zero-order chi connectivity index (χ0) is 15.6. The van der Waals surface area contributed by atoms with Gasteiger partial charge in [-0.3, -0.25) is 4.90 Å². The summed E-state index contributed by atoms with van der Waals surface area (Å²) in [6, 6.07) is 7.30. The molecule has 1 saturated heterocycles. The van der Waals surface area contributed by atoms with E-state index in [1.54, 1.807) is 0 Å². The molecule has 21 heavy (non-hydrogen) atoms. The highest BCUT2D eigenvalue weighted by molar-refractivity contribution is 5.33. The van der Waals surface area contributed by atoms with E-state index in [2.05, 4.69) is 70.0 Å². The predicted octanol–water partition coefficient (Wildman–Crippen LogP) is 3.90. The number of piperazine rings is 1. The maximum absolute atomic E-state index is 3.73. The van der Waals surface area contributed by atoms with Crippen LogP contribution in [0.1, 0.15) is 50.8 Å². The van der Waals surface area contributed by atoms with Crippen LogP contribution in [-0.4, -0.2) is 29.6 Å². The number of benzene rings is 1. The molecule has 1 aliphatic heterocycles. The molecule has 0 amide bonds. The molecule has 0 radical (unpaired) electrons. The largest absolute Gasteiger partial charge is 0.309 e. The standard InChI is InChI=1S/C19H32N2/c1-7-14(2)18-11-20-19(5,6)13-21(18)12-17-15(3)9-8-10-16(17)4/h8-10,14,18,20H,7,11-13H2,1-6H3. The van der Waals surface area contributed by atoms with Gasteiger partial charge in [-0.15, -0.1) is 0 Å². The van der Waals surface area contributed by atoms with Crippen molar-refractivity contribution in [2.24, 2.45) is 5.92 Å². The average Bonchev–Trinajstić information content (AvgIpc) is 2.41. The van der Waals surface area contributed by atoms with Crippen LogP contribution in [0.5, 0.6) is 0 Å². The Hall–Kier alpha value is -0.860. The second-order valence-electron chi connectivity index (χ2n) is 7.49. The highest BCUT2D eigenvalue weighted by Crippen LogP contribution is 2.26. The maximum Gasteiger partial charge on any atom is 0.0253 e. The first-order valence-electron chi connectivity index (χ1n) is 8.38. The Balaban J connectivity index is 2.24. The van der Waals surface area contributed by atoms with E-state index in [1.807, 2.05) is 0 Å². The van der Waals surface area contributed by atoms with Crippen molar-refractivity contribution < 1.29 is 0 Å². The molecule has 0 saturated carbocycles. The van der Waals surface area contributed by atoms with E-state index in [9.17, 15) is 0 Å². The van der Waals surface area contributed by atoms with Crippen molar-refractivity contribution in [3.63, 3.8) is 0 Å². The minimum atomic E-state index is 0.209. The van der Waals surface area contributed by atoms with Crippen LogP contribution in [0.3, 0.4) is 0 Å². The zero-order valence-electron chi connectivity index (χ0n) is 14.7. The molecular weight excluding hydrogens is 256 g/mol. The lowest BCUT2D eigenvalue weighted by atomic mass is 9.89. The lowest BCUT2D eigenvalue weighted by Crippen LogP contribution is -2.62. The molecule has 1 heterocycles. The fourth-order valence-corrected chi connectivity index (χ4v) is 3.50. The highest BCUT2D eigenvalue weighted by atomic mass is 15.2. The fraction of sp³-hybridized carbons (Fsp3) is 0.684. The van der Waals surface area contributed by atoms with Crippen LogP contribution in [0.4, 0.5) is 0 Å². The van der Waals surface area contributed by atoms with Crippen molar-refractivity contribution in [3.05, 3.63) is 34.9 Å². The number of nitrogens with one attached hydrogen (secondary N) is 1. The molecule has 1 fully saturated rings. The molecule has 1 aromatic carbocycles. The van der Waals surface area contributed by atoms with Crippen LogP contribution in [-0.2, 0) is 6.54 Å². The molecule has 2 rings (SSSR count). The van der Waals surface area contributed by atoms with Gasteiger partial charge < -0.3 is 5.32 Å². The smallest absolute Gasteiger partial charge is 0.0253 e. The summed E-state index contributed by atoms with van der Waals surface area (Å²) < 4.78 is 0. The first kappa shape index (κ1) is 16.5. The monoisotopic (exact) mass is 288 g/mol. The number of nitrogens with zero attached hydrogens (tertiary/aromatic N) is 1. The molecule has 0 aromatic heterocycles. The fourth-order valence-electron chi connectivity index (χ4n) is 3.50. The summed E-state index contributed by atoms with van der Waals surface area (Å²) in [4.78, 5) is 2.71. The van der Waals surface area contributed by atoms with Crippen LogP contribution in [0.25, 0.3) is 0 Å². The molecule has 1 aromatic rings. The van der Waals surface area contributed by atoms with E-state index < -0.39 is 0 Å².